The van der Waals surface area contributed by atoms with E-state index in [0.29, 0.717) is 11.8 Å². The van der Waals surface area contributed by atoms with Gasteiger partial charge in [-0.15, -0.1) is 0 Å². The van der Waals surface area contributed by atoms with E-state index in [4.69, 9.17) is 0 Å². The molecule has 0 unspecified atom stereocenters. The molecule has 0 saturated carbocycles. The Morgan fingerprint density at radius 3 is 3.00 bits per heavy atom. The minimum absolute atomic E-state index is 0.356. The molecule has 0 bridgehead atoms. The molecule has 1 atom stereocenters. The number of hydrogen-bond acceptors (Lipinski definition) is 2. The van der Waals surface area contributed by atoms with Crippen LogP contribution in [0.25, 0.3) is 0 Å². The molecule has 0 spiro atoms. The van der Waals surface area contributed by atoms with Crippen LogP contribution in [0.5, 0.6) is 5.75 Å². The van der Waals surface area contributed by atoms with Gasteiger partial charge in [-0.25, -0.2) is 0 Å². The number of phenols is 1. The molecule has 13 heavy (non-hydrogen) atoms. The number of phenolic OH excluding ortho intramolecular Hbond substituents is 1. The maximum absolute atomic E-state index is 9.81. The van der Waals surface area contributed by atoms with E-state index in [0.717, 1.165) is 22.1 Å². The van der Waals surface area contributed by atoms with Crippen LogP contribution in [0, 0.1) is 3.57 Å². The van der Waals surface area contributed by atoms with Gasteiger partial charge in [0.2, 0.25) is 0 Å². The van der Waals surface area contributed by atoms with Crippen molar-refractivity contribution in [1.29, 1.82) is 0 Å². The summed E-state index contributed by atoms with van der Waals surface area (Å²) in [5.74, 6) is 0.447. The highest BCUT2D eigenvalue weighted by molar-refractivity contribution is 14.1. The van der Waals surface area contributed by atoms with E-state index in [1.165, 1.54) is 6.42 Å². The smallest absolute Gasteiger partial charge is 0.133 e. The second-order valence-corrected chi connectivity index (χ2v) is 4.49. The van der Waals surface area contributed by atoms with Gasteiger partial charge in [-0.2, -0.15) is 0 Å². The van der Waals surface area contributed by atoms with Gasteiger partial charge in [0.15, 0.2) is 0 Å². The lowest BCUT2D eigenvalue weighted by molar-refractivity contribution is 0.453. The standard InChI is InChI=1S/C10H12INO/c11-8-4-1-3-7(10(8)13)9-5-2-6-12-9/h1,3-4,9,12-13H,2,5-6H2/t9-/m1/s1. The van der Waals surface area contributed by atoms with E-state index in [-0.39, 0.29) is 0 Å². The normalized spacial score (nSPS) is 22.1. The molecule has 70 valence electrons. The summed E-state index contributed by atoms with van der Waals surface area (Å²) < 4.78 is 0.934. The SMILES string of the molecule is Oc1c(I)cccc1[C@H]1CCCN1. The topological polar surface area (TPSA) is 32.3 Å². The highest BCUT2D eigenvalue weighted by atomic mass is 127. The Bertz CT molecular complexity index is 308. The molecule has 2 nitrogen and oxygen atoms in total. The molecule has 0 radical (unpaired) electrons. The van der Waals surface area contributed by atoms with Crippen molar-refractivity contribution < 1.29 is 5.11 Å². The molecule has 0 aromatic heterocycles. The fraction of sp³-hybridized carbons (Fsp3) is 0.400. The number of aromatic hydroxyl groups is 1. The van der Waals surface area contributed by atoms with Crippen LogP contribution in [0.3, 0.4) is 0 Å². The molecular weight excluding hydrogens is 277 g/mol. The van der Waals surface area contributed by atoms with Gasteiger partial charge >= 0.3 is 0 Å². The molecule has 2 N–H and O–H groups in total. The first-order valence-electron chi connectivity index (χ1n) is 4.50. The molecule has 1 heterocycles. The highest BCUT2D eigenvalue weighted by Gasteiger charge is 2.19. The molecule has 3 heteroatoms. The van der Waals surface area contributed by atoms with Gasteiger partial charge in [-0.1, -0.05) is 12.1 Å². The van der Waals surface area contributed by atoms with Gasteiger partial charge in [0.1, 0.15) is 5.75 Å². The molecule has 1 fully saturated rings. The molecular formula is C10H12INO. The molecule has 1 saturated heterocycles. The highest BCUT2D eigenvalue weighted by Crippen LogP contribution is 2.32. The summed E-state index contributed by atoms with van der Waals surface area (Å²) in [6.07, 6.45) is 2.34. The second kappa shape index (κ2) is 3.84. The number of rotatable bonds is 1. The van der Waals surface area contributed by atoms with Crippen LogP contribution < -0.4 is 5.32 Å². The van der Waals surface area contributed by atoms with Crippen molar-refractivity contribution in [2.24, 2.45) is 0 Å². The van der Waals surface area contributed by atoms with E-state index in [9.17, 15) is 5.11 Å². The first-order chi connectivity index (χ1) is 6.29. The summed E-state index contributed by atoms with van der Waals surface area (Å²) in [6.45, 7) is 1.07. The Morgan fingerprint density at radius 2 is 2.31 bits per heavy atom. The lowest BCUT2D eigenvalue weighted by Crippen LogP contribution is -2.13. The van der Waals surface area contributed by atoms with Crippen LogP contribution in [-0.2, 0) is 0 Å². The maximum atomic E-state index is 9.81. The maximum Gasteiger partial charge on any atom is 0.133 e. The predicted molar refractivity (Wildman–Crippen MR) is 60.8 cm³/mol. The van der Waals surface area contributed by atoms with Gasteiger partial charge in [0.05, 0.1) is 3.57 Å². The zero-order valence-electron chi connectivity index (χ0n) is 7.26. The summed E-state index contributed by atoms with van der Waals surface area (Å²) in [5, 5.41) is 13.2. The van der Waals surface area contributed by atoms with Crippen LogP contribution in [0.1, 0.15) is 24.4 Å². The monoisotopic (exact) mass is 289 g/mol. The van der Waals surface area contributed by atoms with Gasteiger partial charge in [0, 0.05) is 11.6 Å². The predicted octanol–water partition coefficient (Wildman–Crippen LogP) is 2.42. The summed E-state index contributed by atoms with van der Waals surface area (Å²) in [4.78, 5) is 0. The number of para-hydroxylation sites is 1. The summed E-state index contributed by atoms with van der Waals surface area (Å²) >= 11 is 2.16. The van der Waals surface area contributed by atoms with Crippen molar-refractivity contribution in [3.63, 3.8) is 0 Å². The Labute approximate surface area is 91.5 Å². The average Bonchev–Trinajstić information content (AvgIpc) is 2.62. The third-order valence-electron chi connectivity index (χ3n) is 2.45. The van der Waals surface area contributed by atoms with Crippen LogP contribution in [0.15, 0.2) is 18.2 Å². The number of benzene rings is 1. The van der Waals surface area contributed by atoms with E-state index in [2.05, 4.69) is 27.9 Å². The number of nitrogens with one attached hydrogen (secondary N) is 1. The summed E-state index contributed by atoms with van der Waals surface area (Å²) in [7, 11) is 0. The van der Waals surface area contributed by atoms with Crippen LogP contribution >= 0.6 is 22.6 Å². The van der Waals surface area contributed by atoms with Gasteiger partial charge < -0.3 is 10.4 Å². The molecule has 1 aliphatic rings. The Morgan fingerprint density at radius 1 is 1.46 bits per heavy atom. The Balaban J connectivity index is 2.33. The second-order valence-electron chi connectivity index (χ2n) is 3.33. The first-order valence-corrected chi connectivity index (χ1v) is 5.57. The van der Waals surface area contributed by atoms with Crippen LogP contribution in [-0.4, -0.2) is 11.7 Å². The van der Waals surface area contributed by atoms with Crippen molar-refractivity contribution in [3.8, 4) is 5.75 Å². The summed E-state index contributed by atoms with van der Waals surface area (Å²) in [5.41, 5.74) is 1.05. The van der Waals surface area contributed by atoms with Crippen molar-refractivity contribution in [2.75, 3.05) is 6.54 Å². The Kier molecular flexibility index (Phi) is 2.74. The molecule has 0 amide bonds. The van der Waals surface area contributed by atoms with E-state index < -0.39 is 0 Å². The fourth-order valence-electron chi connectivity index (χ4n) is 1.76. The Hall–Kier alpha value is -0.290. The lowest BCUT2D eigenvalue weighted by atomic mass is 10.0. The molecule has 1 aromatic carbocycles. The molecule has 0 aliphatic carbocycles. The van der Waals surface area contributed by atoms with Crippen molar-refractivity contribution in [2.45, 2.75) is 18.9 Å². The number of halogens is 1. The zero-order valence-corrected chi connectivity index (χ0v) is 9.41. The largest absolute Gasteiger partial charge is 0.506 e. The van der Waals surface area contributed by atoms with Crippen molar-refractivity contribution in [3.05, 3.63) is 27.3 Å². The van der Waals surface area contributed by atoms with Gasteiger partial charge in [-0.3, -0.25) is 0 Å². The quantitative estimate of drug-likeness (QED) is 0.778. The first kappa shape index (κ1) is 9.27. The van der Waals surface area contributed by atoms with Crippen molar-refractivity contribution >= 4 is 22.6 Å². The third-order valence-corrected chi connectivity index (χ3v) is 3.32. The number of hydrogen-bond donors (Lipinski definition) is 2. The van der Waals surface area contributed by atoms with Gasteiger partial charge in [0.25, 0.3) is 0 Å². The van der Waals surface area contributed by atoms with Crippen molar-refractivity contribution in [1.82, 2.24) is 5.32 Å². The summed E-state index contributed by atoms with van der Waals surface area (Å²) in [6, 6.07) is 6.28. The minimum Gasteiger partial charge on any atom is -0.506 e. The van der Waals surface area contributed by atoms with Crippen LogP contribution in [0.2, 0.25) is 0 Å². The van der Waals surface area contributed by atoms with E-state index >= 15 is 0 Å². The van der Waals surface area contributed by atoms with E-state index in [1.807, 2.05) is 18.2 Å². The fourth-order valence-corrected chi connectivity index (χ4v) is 2.28. The third kappa shape index (κ3) is 1.81. The van der Waals surface area contributed by atoms with E-state index in [1.54, 1.807) is 0 Å². The van der Waals surface area contributed by atoms with Gasteiger partial charge in [-0.05, 0) is 48.0 Å². The molecule has 1 aliphatic heterocycles. The zero-order chi connectivity index (χ0) is 9.26. The average molecular weight is 289 g/mol. The lowest BCUT2D eigenvalue weighted by Gasteiger charge is -2.12. The minimum atomic E-state index is 0.356. The molecule has 1 aromatic rings. The molecule has 2 rings (SSSR count). The van der Waals surface area contributed by atoms with Crippen LogP contribution in [0.4, 0.5) is 0 Å².